The first kappa shape index (κ1) is 18.3. The van der Waals surface area contributed by atoms with E-state index in [-0.39, 0.29) is 30.6 Å². The predicted molar refractivity (Wildman–Crippen MR) is 85.1 cm³/mol. The molecule has 1 aliphatic rings. The van der Waals surface area contributed by atoms with Crippen LogP contribution in [0.15, 0.2) is 18.2 Å². The van der Waals surface area contributed by atoms with E-state index < -0.39 is 11.6 Å². The summed E-state index contributed by atoms with van der Waals surface area (Å²) in [5, 5.41) is 9.60. The van der Waals surface area contributed by atoms with Gasteiger partial charge in [0, 0.05) is 52.0 Å². The zero-order chi connectivity index (χ0) is 16.8. The van der Waals surface area contributed by atoms with Gasteiger partial charge in [-0.15, -0.1) is 0 Å². The molecule has 0 amide bonds. The number of likely N-dealkylation sites (tertiary alicyclic amines) is 1. The highest BCUT2D eigenvalue weighted by Crippen LogP contribution is 2.26. The molecule has 2 atom stereocenters. The fraction of sp³-hybridized carbons (Fsp3) is 0.647. The van der Waals surface area contributed by atoms with E-state index in [9.17, 15) is 13.9 Å². The van der Waals surface area contributed by atoms with Crippen molar-refractivity contribution in [1.82, 2.24) is 9.80 Å². The number of nitrogens with zero attached hydrogens (tertiary/aromatic N) is 2. The molecule has 1 N–H and O–H groups in total. The van der Waals surface area contributed by atoms with E-state index in [0.717, 1.165) is 19.6 Å². The lowest BCUT2D eigenvalue weighted by atomic mass is 9.96. The third-order valence-electron chi connectivity index (χ3n) is 4.55. The summed E-state index contributed by atoms with van der Waals surface area (Å²) in [6.07, 6.45) is 0. The highest BCUT2D eigenvalue weighted by atomic mass is 19.1. The summed E-state index contributed by atoms with van der Waals surface area (Å²) in [5.41, 5.74) is 0.109. The first-order valence-electron chi connectivity index (χ1n) is 7.98. The number of hydrogen-bond donors (Lipinski definition) is 1. The van der Waals surface area contributed by atoms with E-state index in [2.05, 4.69) is 4.90 Å². The van der Waals surface area contributed by atoms with Crippen molar-refractivity contribution in [1.29, 1.82) is 0 Å². The van der Waals surface area contributed by atoms with Crippen LogP contribution in [-0.2, 0) is 11.3 Å². The second-order valence-electron chi connectivity index (χ2n) is 6.35. The number of halogens is 2. The first-order chi connectivity index (χ1) is 11.0. The van der Waals surface area contributed by atoms with Gasteiger partial charge in [0.15, 0.2) is 0 Å². The topological polar surface area (TPSA) is 35.9 Å². The Morgan fingerprint density at radius 3 is 2.52 bits per heavy atom. The number of likely N-dealkylation sites (N-methyl/N-ethyl adjacent to an activating group) is 1. The molecule has 1 saturated heterocycles. The fourth-order valence-electron chi connectivity index (χ4n) is 3.22. The van der Waals surface area contributed by atoms with Crippen LogP contribution in [0.25, 0.3) is 0 Å². The Balaban J connectivity index is 1.95. The average Bonchev–Trinajstić information content (AvgIpc) is 2.90. The van der Waals surface area contributed by atoms with Crippen LogP contribution in [0.4, 0.5) is 8.78 Å². The highest BCUT2D eigenvalue weighted by Gasteiger charge is 2.33. The smallest absolute Gasteiger partial charge is 0.130 e. The van der Waals surface area contributed by atoms with Gasteiger partial charge in [0.1, 0.15) is 11.6 Å². The number of aliphatic hydroxyl groups excluding tert-OH is 1. The summed E-state index contributed by atoms with van der Waals surface area (Å²) in [4.78, 5) is 4.20. The monoisotopic (exact) mass is 328 g/mol. The molecule has 1 heterocycles. The maximum atomic E-state index is 13.8. The van der Waals surface area contributed by atoms with Crippen LogP contribution in [0.2, 0.25) is 0 Å². The average molecular weight is 328 g/mol. The molecule has 0 spiro atoms. The van der Waals surface area contributed by atoms with Crippen LogP contribution < -0.4 is 0 Å². The summed E-state index contributed by atoms with van der Waals surface area (Å²) >= 11 is 0. The van der Waals surface area contributed by atoms with Crippen LogP contribution in [0, 0.1) is 23.5 Å². The maximum Gasteiger partial charge on any atom is 0.130 e. The molecule has 0 radical (unpaired) electrons. The van der Waals surface area contributed by atoms with Gasteiger partial charge in [-0.1, -0.05) is 6.07 Å². The van der Waals surface area contributed by atoms with Gasteiger partial charge >= 0.3 is 0 Å². The quantitative estimate of drug-likeness (QED) is 0.786. The van der Waals surface area contributed by atoms with Gasteiger partial charge in [0.25, 0.3) is 0 Å². The van der Waals surface area contributed by atoms with Gasteiger partial charge in [-0.3, -0.25) is 4.90 Å². The van der Waals surface area contributed by atoms with Crippen molar-refractivity contribution in [2.45, 2.75) is 6.54 Å². The Labute approximate surface area is 136 Å². The molecule has 0 aromatic heterocycles. The molecule has 0 unspecified atom stereocenters. The molecule has 1 aromatic carbocycles. The van der Waals surface area contributed by atoms with Gasteiger partial charge in [-0.05, 0) is 31.0 Å². The van der Waals surface area contributed by atoms with Crippen molar-refractivity contribution in [3.8, 4) is 0 Å². The van der Waals surface area contributed by atoms with E-state index in [0.29, 0.717) is 13.2 Å². The number of hydrogen-bond acceptors (Lipinski definition) is 4. The van der Waals surface area contributed by atoms with Gasteiger partial charge in [0.05, 0.1) is 6.61 Å². The van der Waals surface area contributed by atoms with E-state index in [1.165, 1.54) is 18.2 Å². The van der Waals surface area contributed by atoms with E-state index >= 15 is 0 Å². The number of aliphatic hydroxyl groups is 1. The molecule has 0 aliphatic carbocycles. The summed E-state index contributed by atoms with van der Waals surface area (Å²) in [6.45, 7) is 4.06. The molecule has 23 heavy (non-hydrogen) atoms. The summed E-state index contributed by atoms with van der Waals surface area (Å²) in [7, 11) is 3.69. The zero-order valence-corrected chi connectivity index (χ0v) is 13.8. The Morgan fingerprint density at radius 1 is 1.26 bits per heavy atom. The first-order valence-corrected chi connectivity index (χ1v) is 7.98. The highest BCUT2D eigenvalue weighted by molar-refractivity contribution is 5.19. The molecule has 0 bridgehead atoms. The lowest BCUT2D eigenvalue weighted by Gasteiger charge is -2.23. The van der Waals surface area contributed by atoms with Crippen molar-refractivity contribution >= 4 is 0 Å². The number of ether oxygens (including phenoxy) is 1. The van der Waals surface area contributed by atoms with E-state index in [1.807, 2.05) is 11.9 Å². The maximum absolute atomic E-state index is 13.8. The van der Waals surface area contributed by atoms with Crippen LogP contribution >= 0.6 is 0 Å². The van der Waals surface area contributed by atoms with Crippen molar-refractivity contribution < 1.29 is 18.6 Å². The predicted octanol–water partition coefficient (Wildman–Crippen LogP) is 1.58. The zero-order valence-electron chi connectivity index (χ0n) is 13.8. The Bertz CT molecular complexity index is 481. The van der Waals surface area contributed by atoms with Crippen LogP contribution in [0.3, 0.4) is 0 Å². The van der Waals surface area contributed by atoms with Crippen molar-refractivity contribution in [2.24, 2.45) is 11.8 Å². The molecule has 130 valence electrons. The van der Waals surface area contributed by atoms with Gasteiger partial charge in [-0.25, -0.2) is 8.78 Å². The molecule has 2 rings (SSSR count). The van der Waals surface area contributed by atoms with Crippen molar-refractivity contribution in [3.05, 3.63) is 35.4 Å². The lowest BCUT2D eigenvalue weighted by Crippen LogP contribution is -2.33. The van der Waals surface area contributed by atoms with Crippen molar-refractivity contribution in [3.63, 3.8) is 0 Å². The SMILES string of the molecule is COCCN(C)C[C@@H]1CN(Cc2c(F)cccc2F)C[C@@H]1CO. The minimum absolute atomic E-state index is 0.0963. The lowest BCUT2D eigenvalue weighted by molar-refractivity contribution is 0.136. The molecular weight excluding hydrogens is 302 g/mol. The molecule has 6 heteroatoms. The minimum Gasteiger partial charge on any atom is -0.396 e. The number of methoxy groups -OCH3 is 1. The van der Waals surface area contributed by atoms with Crippen LogP contribution in [-0.4, -0.2) is 68.5 Å². The molecule has 0 saturated carbocycles. The standard InChI is InChI=1S/C17H26F2N2O2/c1-20(6-7-23-2)8-13-9-21(10-14(13)12-22)11-15-16(18)4-3-5-17(15)19/h3-5,13-14,22H,6-12H2,1-2H3/t13-,14-/m1/s1. The van der Waals surface area contributed by atoms with E-state index in [4.69, 9.17) is 4.74 Å². The largest absolute Gasteiger partial charge is 0.396 e. The molecule has 4 nitrogen and oxygen atoms in total. The molecule has 1 aromatic rings. The Kier molecular flexibility index (Phi) is 6.89. The van der Waals surface area contributed by atoms with Crippen LogP contribution in [0.5, 0.6) is 0 Å². The molecular formula is C17H26F2N2O2. The molecule has 1 fully saturated rings. The van der Waals surface area contributed by atoms with Crippen LogP contribution in [0.1, 0.15) is 5.56 Å². The third kappa shape index (κ3) is 4.94. The Morgan fingerprint density at radius 2 is 1.91 bits per heavy atom. The van der Waals surface area contributed by atoms with Crippen molar-refractivity contribution in [2.75, 3.05) is 53.6 Å². The second-order valence-corrected chi connectivity index (χ2v) is 6.35. The van der Waals surface area contributed by atoms with Gasteiger partial charge in [-0.2, -0.15) is 0 Å². The minimum atomic E-state index is -0.508. The number of rotatable bonds is 8. The van der Waals surface area contributed by atoms with Gasteiger partial charge < -0.3 is 14.7 Å². The number of benzene rings is 1. The Hall–Kier alpha value is -1.08. The van der Waals surface area contributed by atoms with Gasteiger partial charge in [0.2, 0.25) is 0 Å². The van der Waals surface area contributed by atoms with E-state index in [1.54, 1.807) is 7.11 Å². The second kappa shape index (κ2) is 8.68. The summed E-state index contributed by atoms with van der Waals surface area (Å²) in [5.74, 6) is -0.594. The third-order valence-corrected chi connectivity index (χ3v) is 4.55. The molecule has 1 aliphatic heterocycles. The summed E-state index contributed by atoms with van der Waals surface area (Å²) < 4.78 is 32.7. The summed E-state index contributed by atoms with van der Waals surface area (Å²) in [6, 6.07) is 3.95. The normalized spacial score (nSPS) is 22.2. The fourth-order valence-corrected chi connectivity index (χ4v) is 3.22.